The molecule has 1 aliphatic rings. The molecule has 3 rings (SSSR count). The predicted octanol–water partition coefficient (Wildman–Crippen LogP) is 2.63. The van der Waals surface area contributed by atoms with Crippen molar-refractivity contribution < 1.29 is 14.7 Å². The average molecular weight is 354 g/mol. The minimum absolute atomic E-state index is 0.0695. The molecule has 1 aromatic heterocycles. The number of nitrogens with one attached hydrogen (secondary N) is 1. The number of amides is 1. The highest BCUT2D eigenvalue weighted by Crippen LogP contribution is 2.28. The van der Waals surface area contributed by atoms with Crippen molar-refractivity contribution in [1.29, 1.82) is 0 Å². The topological polar surface area (TPSA) is 95.4 Å². The van der Waals surface area contributed by atoms with E-state index in [0.717, 1.165) is 24.9 Å². The summed E-state index contributed by atoms with van der Waals surface area (Å²) in [6.07, 6.45) is 5.00. The number of aromatic carboxylic acids is 1. The van der Waals surface area contributed by atoms with Gasteiger partial charge in [-0.2, -0.15) is 0 Å². The lowest BCUT2D eigenvalue weighted by Crippen LogP contribution is -2.39. The van der Waals surface area contributed by atoms with Crippen LogP contribution in [-0.2, 0) is 0 Å². The molecule has 0 aliphatic carbocycles. The van der Waals surface area contributed by atoms with Crippen molar-refractivity contribution in [3.05, 3.63) is 53.3 Å². The number of aromatic nitrogens is 2. The lowest BCUT2D eigenvalue weighted by Gasteiger charge is -2.33. The number of hydrogen-bond donors (Lipinski definition) is 2. The Hall–Kier alpha value is -2.96. The van der Waals surface area contributed by atoms with E-state index in [9.17, 15) is 9.59 Å². The second kappa shape index (κ2) is 7.95. The number of piperidine rings is 1. The van der Waals surface area contributed by atoms with Crippen molar-refractivity contribution in [3.63, 3.8) is 0 Å². The van der Waals surface area contributed by atoms with E-state index in [1.807, 2.05) is 24.0 Å². The molecule has 1 fully saturated rings. The van der Waals surface area contributed by atoms with Crippen LogP contribution in [0, 0.1) is 0 Å². The molecule has 1 atom stereocenters. The molecule has 1 aliphatic heterocycles. The van der Waals surface area contributed by atoms with Gasteiger partial charge in [0.15, 0.2) is 0 Å². The van der Waals surface area contributed by atoms with Crippen LogP contribution in [0.2, 0.25) is 0 Å². The van der Waals surface area contributed by atoms with E-state index in [1.165, 1.54) is 0 Å². The first-order chi connectivity index (χ1) is 12.6. The van der Waals surface area contributed by atoms with Gasteiger partial charge >= 0.3 is 5.97 Å². The molecule has 0 bridgehead atoms. The lowest BCUT2D eigenvalue weighted by atomic mass is 9.90. The van der Waals surface area contributed by atoms with Gasteiger partial charge in [0.05, 0.1) is 11.1 Å². The molecule has 2 aromatic rings. The second-order valence-electron chi connectivity index (χ2n) is 6.34. The van der Waals surface area contributed by atoms with E-state index in [4.69, 9.17) is 5.11 Å². The smallest absolute Gasteiger partial charge is 0.335 e. The first-order valence-electron chi connectivity index (χ1n) is 8.77. The first kappa shape index (κ1) is 17.8. The molecule has 0 saturated carbocycles. The summed E-state index contributed by atoms with van der Waals surface area (Å²) in [4.78, 5) is 33.9. The van der Waals surface area contributed by atoms with E-state index < -0.39 is 5.97 Å². The average Bonchev–Trinajstić information content (AvgIpc) is 2.68. The molecule has 0 spiro atoms. The maximum Gasteiger partial charge on any atom is 0.335 e. The maximum absolute atomic E-state index is 12.7. The molecule has 2 N–H and O–H groups in total. The Morgan fingerprint density at radius 1 is 1.19 bits per heavy atom. The Kier molecular flexibility index (Phi) is 5.46. The third-order valence-electron chi connectivity index (χ3n) is 4.57. The number of likely N-dealkylation sites (tertiary alicyclic amines) is 1. The van der Waals surface area contributed by atoms with Crippen molar-refractivity contribution in [3.8, 4) is 0 Å². The van der Waals surface area contributed by atoms with Crippen LogP contribution in [0.3, 0.4) is 0 Å². The van der Waals surface area contributed by atoms with Crippen LogP contribution in [0.1, 0.15) is 52.0 Å². The highest BCUT2D eigenvalue weighted by Gasteiger charge is 2.26. The summed E-state index contributed by atoms with van der Waals surface area (Å²) in [5, 5.41) is 12.0. The molecule has 1 amide bonds. The summed E-state index contributed by atoms with van der Waals surface area (Å²) in [5.41, 5.74) is 1.81. The predicted molar refractivity (Wildman–Crippen MR) is 97.5 cm³/mol. The number of nitrogens with zero attached hydrogens (tertiary/aromatic N) is 3. The van der Waals surface area contributed by atoms with Crippen LogP contribution in [0.15, 0.2) is 36.7 Å². The molecular formula is C19H22N4O3. The Labute approximate surface area is 152 Å². The zero-order valence-electron chi connectivity index (χ0n) is 14.7. The third-order valence-corrected chi connectivity index (χ3v) is 4.57. The molecule has 26 heavy (non-hydrogen) atoms. The highest BCUT2D eigenvalue weighted by atomic mass is 16.4. The zero-order valence-corrected chi connectivity index (χ0v) is 14.7. The fraction of sp³-hybridized carbons (Fsp3) is 0.368. The van der Waals surface area contributed by atoms with Gasteiger partial charge < -0.3 is 15.3 Å². The Morgan fingerprint density at radius 2 is 1.88 bits per heavy atom. The fourth-order valence-corrected chi connectivity index (χ4v) is 3.20. The van der Waals surface area contributed by atoms with Crippen molar-refractivity contribution in [2.45, 2.75) is 25.7 Å². The van der Waals surface area contributed by atoms with Gasteiger partial charge in [-0.3, -0.25) is 4.79 Å². The van der Waals surface area contributed by atoms with Crippen molar-refractivity contribution >= 4 is 17.8 Å². The number of anilines is 1. The van der Waals surface area contributed by atoms with Crippen LogP contribution < -0.4 is 5.32 Å². The van der Waals surface area contributed by atoms with Crippen LogP contribution >= 0.6 is 0 Å². The summed E-state index contributed by atoms with van der Waals surface area (Å²) in [7, 11) is 0. The SMILES string of the molecule is CCNc1ncc(C(=O)N2CCC[C@H](c3ccc(C(=O)O)cc3)C2)cn1. The van der Waals surface area contributed by atoms with Crippen molar-refractivity contribution in [2.75, 3.05) is 25.0 Å². The lowest BCUT2D eigenvalue weighted by molar-refractivity contribution is 0.0693. The fourth-order valence-electron chi connectivity index (χ4n) is 3.20. The normalized spacial score (nSPS) is 17.0. The minimum Gasteiger partial charge on any atom is -0.478 e. The van der Waals surface area contributed by atoms with Gasteiger partial charge in [0.25, 0.3) is 5.91 Å². The molecule has 2 heterocycles. The molecule has 0 radical (unpaired) electrons. The molecule has 7 nitrogen and oxygen atoms in total. The van der Waals surface area contributed by atoms with Crippen LogP contribution in [-0.4, -0.2) is 51.5 Å². The van der Waals surface area contributed by atoms with Crippen molar-refractivity contribution in [1.82, 2.24) is 14.9 Å². The summed E-state index contributed by atoms with van der Waals surface area (Å²) in [6, 6.07) is 6.92. The Bertz CT molecular complexity index is 774. The van der Waals surface area contributed by atoms with E-state index in [-0.39, 0.29) is 17.4 Å². The number of carboxylic acids is 1. The van der Waals surface area contributed by atoms with E-state index in [1.54, 1.807) is 24.5 Å². The molecule has 1 aromatic carbocycles. The number of hydrogen-bond acceptors (Lipinski definition) is 5. The third kappa shape index (κ3) is 3.99. The van der Waals surface area contributed by atoms with Gasteiger partial charge in [-0.15, -0.1) is 0 Å². The van der Waals surface area contributed by atoms with Gasteiger partial charge in [0.2, 0.25) is 5.95 Å². The van der Waals surface area contributed by atoms with E-state index in [2.05, 4.69) is 15.3 Å². The van der Waals surface area contributed by atoms with Gasteiger partial charge in [0, 0.05) is 37.9 Å². The van der Waals surface area contributed by atoms with Crippen LogP contribution in [0.5, 0.6) is 0 Å². The number of carboxylic acid groups (broad SMARTS) is 1. The number of benzene rings is 1. The summed E-state index contributed by atoms with van der Waals surface area (Å²) < 4.78 is 0. The summed E-state index contributed by atoms with van der Waals surface area (Å²) in [6.45, 7) is 4.00. The Balaban J connectivity index is 1.69. The van der Waals surface area contributed by atoms with E-state index in [0.29, 0.717) is 24.6 Å². The molecule has 7 heteroatoms. The Morgan fingerprint density at radius 3 is 2.50 bits per heavy atom. The van der Waals surface area contributed by atoms with Crippen LogP contribution in [0.4, 0.5) is 5.95 Å². The maximum atomic E-state index is 12.7. The molecule has 136 valence electrons. The standard InChI is InChI=1S/C19H22N4O3/c1-2-20-19-21-10-16(11-22-19)17(24)23-9-3-4-15(12-23)13-5-7-14(8-6-13)18(25)26/h5-8,10-11,15H,2-4,9,12H2,1H3,(H,25,26)(H,20,21,22)/t15-/m0/s1. The first-order valence-corrected chi connectivity index (χ1v) is 8.77. The quantitative estimate of drug-likeness (QED) is 0.857. The van der Waals surface area contributed by atoms with E-state index >= 15 is 0 Å². The zero-order chi connectivity index (χ0) is 18.5. The van der Waals surface area contributed by atoms with Crippen molar-refractivity contribution in [2.24, 2.45) is 0 Å². The second-order valence-corrected chi connectivity index (χ2v) is 6.34. The monoisotopic (exact) mass is 354 g/mol. The minimum atomic E-state index is -0.932. The van der Waals surface area contributed by atoms with Gasteiger partial charge in [-0.1, -0.05) is 12.1 Å². The van der Waals surface area contributed by atoms with Gasteiger partial charge in [0.1, 0.15) is 0 Å². The number of rotatable bonds is 5. The summed E-state index contributed by atoms with van der Waals surface area (Å²) in [5.74, 6) is -0.283. The summed E-state index contributed by atoms with van der Waals surface area (Å²) >= 11 is 0. The highest BCUT2D eigenvalue weighted by molar-refractivity contribution is 5.93. The van der Waals surface area contributed by atoms with Gasteiger partial charge in [-0.25, -0.2) is 14.8 Å². The number of carbonyl (C=O) groups excluding carboxylic acids is 1. The molecule has 0 unspecified atom stereocenters. The molecule has 1 saturated heterocycles. The largest absolute Gasteiger partial charge is 0.478 e. The van der Waals surface area contributed by atoms with Crippen LogP contribution in [0.25, 0.3) is 0 Å². The number of carbonyl (C=O) groups is 2. The molecular weight excluding hydrogens is 332 g/mol. The van der Waals surface area contributed by atoms with Gasteiger partial charge in [-0.05, 0) is 37.5 Å².